The minimum Gasteiger partial charge on any atom is -0.337 e. The largest absolute Gasteiger partial charge is 0.337 e. The van der Waals surface area contributed by atoms with Crippen molar-refractivity contribution in [3.63, 3.8) is 0 Å². The van der Waals surface area contributed by atoms with Gasteiger partial charge in [-0.3, -0.25) is 0 Å². The number of hydrogen-bond donors (Lipinski definition) is 2. The first-order valence-corrected chi connectivity index (χ1v) is 13.7. The van der Waals surface area contributed by atoms with E-state index in [-0.39, 0.29) is 0 Å². The molecule has 0 aromatic carbocycles. The molecule has 0 rings (SSSR count). The van der Waals surface area contributed by atoms with Crippen LogP contribution in [0.15, 0.2) is 0 Å². The van der Waals surface area contributed by atoms with Crippen LogP contribution in [-0.4, -0.2) is 29.6 Å². The predicted octanol–water partition coefficient (Wildman–Crippen LogP) is 3.40. The van der Waals surface area contributed by atoms with Crippen molar-refractivity contribution in [1.29, 1.82) is 0 Å². The first kappa shape index (κ1) is 16.4. The fourth-order valence-corrected chi connectivity index (χ4v) is 3.38. The number of rotatable bonds is 9. The van der Waals surface area contributed by atoms with Gasteiger partial charge < -0.3 is 9.96 Å². The summed E-state index contributed by atoms with van der Waals surface area (Å²) in [6, 6.07) is 0. The lowest BCUT2D eigenvalue weighted by Crippen LogP contribution is -2.42. The molecule has 0 aliphatic carbocycles. The molecule has 2 nitrogen and oxygen atoms in total. The maximum Gasteiger partial charge on any atom is 0.116 e. The molecule has 0 amide bonds. The zero-order chi connectivity index (χ0) is 12.7. The Morgan fingerprint density at radius 2 is 0.875 bits per heavy atom. The summed E-state index contributed by atoms with van der Waals surface area (Å²) in [5.74, 6) is 0. The van der Waals surface area contributed by atoms with Gasteiger partial charge in [0.2, 0.25) is 0 Å². The van der Waals surface area contributed by atoms with Crippen LogP contribution in [0, 0.1) is 0 Å². The highest BCUT2D eigenvalue weighted by Gasteiger charge is 2.11. The van der Waals surface area contributed by atoms with Crippen molar-refractivity contribution < 1.29 is 0 Å². The standard InChI is InChI=1S/C12H32N2Si2/c1-15(2,3)13-11-9-7-8-10-12-14-16(4,5)6/h13-14H,7-12H2,1-6H3. The van der Waals surface area contributed by atoms with Crippen molar-refractivity contribution in [2.75, 3.05) is 13.1 Å². The average Bonchev–Trinajstić information content (AvgIpc) is 2.06. The Labute approximate surface area is 105 Å². The van der Waals surface area contributed by atoms with Gasteiger partial charge in [-0.1, -0.05) is 52.1 Å². The van der Waals surface area contributed by atoms with Gasteiger partial charge in [-0.25, -0.2) is 0 Å². The molecule has 0 atom stereocenters. The average molecular weight is 261 g/mol. The van der Waals surface area contributed by atoms with E-state index in [9.17, 15) is 0 Å². The summed E-state index contributed by atoms with van der Waals surface area (Å²) in [6.07, 6.45) is 5.45. The van der Waals surface area contributed by atoms with E-state index in [0.717, 1.165) is 0 Å². The summed E-state index contributed by atoms with van der Waals surface area (Å²) in [4.78, 5) is 7.33. The van der Waals surface area contributed by atoms with Crippen LogP contribution in [0.3, 0.4) is 0 Å². The third kappa shape index (κ3) is 14.4. The molecule has 0 saturated carbocycles. The summed E-state index contributed by atoms with van der Waals surface area (Å²) < 4.78 is 0. The molecule has 0 aromatic heterocycles. The zero-order valence-electron chi connectivity index (χ0n) is 12.2. The highest BCUT2D eigenvalue weighted by atomic mass is 28.3. The van der Waals surface area contributed by atoms with Crippen LogP contribution in [0.1, 0.15) is 25.7 Å². The van der Waals surface area contributed by atoms with Crippen LogP contribution in [0.2, 0.25) is 39.3 Å². The molecule has 4 heteroatoms. The first-order valence-electron chi connectivity index (χ1n) is 6.71. The molecule has 16 heavy (non-hydrogen) atoms. The van der Waals surface area contributed by atoms with E-state index in [0.29, 0.717) is 0 Å². The topological polar surface area (TPSA) is 24.1 Å². The molecule has 0 radical (unpaired) electrons. The number of nitrogens with one attached hydrogen (secondary N) is 2. The number of unbranched alkanes of at least 4 members (excludes halogenated alkanes) is 3. The summed E-state index contributed by atoms with van der Waals surface area (Å²) >= 11 is 0. The lowest BCUT2D eigenvalue weighted by molar-refractivity contribution is 0.624. The second-order valence-corrected chi connectivity index (χ2v) is 16.5. The van der Waals surface area contributed by atoms with E-state index >= 15 is 0 Å². The normalized spacial score (nSPS) is 13.1. The molecule has 0 aliphatic rings. The minimum atomic E-state index is -1.01. The molecule has 0 bridgehead atoms. The summed E-state index contributed by atoms with van der Waals surface area (Å²) in [7, 11) is -2.03. The number of hydrogen-bond acceptors (Lipinski definition) is 2. The fraction of sp³-hybridized carbons (Fsp3) is 1.00. The Hall–Kier alpha value is 0.354. The SMILES string of the molecule is C[Si](C)(C)NCCCCCCN[Si](C)(C)C. The van der Waals surface area contributed by atoms with Crippen molar-refractivity contribution in [3.05, 3.63) is 0 Å². The minimum absolute atomic E-state index is 1.01. The molecule has 0 aliphatic heterocycles. The molecular formula is C12H32N2Si2. The van der Waals surface area contributed by atoms with Gasteiger partial charge in [-0.15, -0.1) is 0 Å². The van der Waals surface area contributed by atoms with Crippen molar-refractivity contribution >= 4 is 16.5 Å². The van der Waals surface area contributed by atoms with Crippen LogP contribution in [0.5, 0.6) is 0 Å². The fourth-order valence-electron chi connectivity index (χ4n) is 1.53. The second-order valence-electron chi connectivity index (χ2n) is 6.77. The van der Waals surface area contributed by atoms with Gasteiger partial charge >= 0.3 is 0 Å². The predicted molar refractivity (Wildman–Crippen MR) is 81.2 cm³/mol. The molecule has 0 unspecified atom stereocenters. The zero-order valence-corrected chi connectivity index (χ0v) is 14.2. The van der Waals surface area contributed by atoms with E-state index in [1.165, 1.54) is 38.8 Å². The molecule has 0 aromatic rings. The van der Waals surface area contributed by atoms with Crippen molar-refractivity contribution in [2.24, 2.45) is 0 Å². The first-order chi connectivity index (χ1) is 7.21. The van der Waals surface area contributed by atoms with Crippen LogP contribution in [0.4, 0.5) is 0 Å². The maximum absolute atomic E-state index is 3.67. The van der Waals surface area contributed by atoms with Gasteiger partial charge in [0.15, 0.2) is 0 Å². The van der Waals surface area contributed by atoms with Gasteiger partial charge in [0.1, 0.15) is 16.5 Å². The Morgan fingerprint density at radius 1 is 0.562 bits per heavy atom. The van der Waals surface area contributed by atoms with E-state index in [1.807, 2.05) is 0 Å². The maximum atomic E-state index is 3.67. The lowest BCUT2D eigenvalue weighted by Gasteiger charge is -2.18. The Kier molecular flexibility index (Phi) is 7.80. The molecular weight excluding hydrogens is 228 g/mol. The highest BCUT2D eigenvalue weighted by molar-refractivity contribution is 6.73. The van der Waals surface area contributed by atoms with E-state index < -0.39 is 16.5 Å². The Balaban J connectivity index is 3.17. The molecule has 0 saturated heterocycles. The van der Waals surface area contributed by atoms with Crippen molar-refractivity contribution in [2.45, 2.75) is 65.0 Å². The summed E-state index contributed by atoms with van der Waals surface area (Å²) in [5, 5.41) is 0. The van der Waals surface area contributed by atoms with Gasteiger partial charge in [0.25, 0.3) is 0 Å². The quantitative estimate of drug-likeness (QED) is 0.490. The Morgan fingerprint density at radius 3 is 1.12 bits per heavy atom. The Bertz CT molecular complexity index is 151. The molecule has 0 heterocycles. The van der Waals surface area contributed by atoms with E-state index in [2.05, 4.69) is 49.2 Å². The lowest BCUT2D eigenvalue weighted by atomic mass is 10.2. The van der Waals surface area contributed by atoms with Gasteiger partial charge in [-0.2, -0.15) is 0 Å². The van der Waals surface area contributed by atoms with E-state index in [1.54, 1.807) is 0 Å². The smallest absolute Gasteiger partial charge is 0.116 e. The van der Waals surface area contributed by atoms with Gasteiger partial charge in [0, 0.05) is 0 Å². The molecule has 0 spiro atoms. The van der Waals surface area contributed by atoms with E-state index in [4.69, 9.17) is 0 Å². The van der Waals surface area contributed by atoms with Crippen LogP contribution >= 0.6 is 0 Å². The van der Waals surface area contributed by atoms with Crippen molar-refractivity contribution in [3.8, 4) is 0 Å². The highest BCUT2D eigenvalue weighted by Crippen LogP contribution is 2.01. The second kappa shape index (κ2) is 7.64. The molecule has 0 fully saturated rings. The van der Waals surface area contributed by atoms with Crippen LogP contribution in [0.25, 0.3) is 0 Å². The summed E-state index contributed by atoms with van der Waals surface area (Å²) in [5.41, 5.74) is 0. The van der Waals surface area contributed by atoms with Gasteiger partial charge in [0.05, 0.1) is 0 Å². The van der Waals surface area contributed by atoms with Crippen LogP contribution in [-0.2, 0) is 0 Å². The molecule has 2 N–H and O–H groups in total. The van der Waals surface area contributed by atoms with Crippen LogP contribution < -0.4 is 9.96 Å². The third-order valence-electron chi connectivity index (χ3n) is 2.41. The third-order valence-corrected chi connectivity index (χ3v) is 5.04. The van der Waals surface area contributed by atoms with Gasteiger partial charge in [-0.05, 0) is 25.9 Å². The molecule has 98 valence electrons. The summed E-state index contributed by atoms with van der Waals surface area (Å²) in [6.45, 7) is 16.6. The van der Waals surface area contributed by atoms with Crippen molar-refractivity contribution in [1.82, 2.24) is 9.96 Å². The monoisotopic (exact) mass is 260 g/mol.